The van der Waals surface area contributed by atoms with Gasteiger partial charge in [0.1, 0.15) is 5.75 Å². The molecule has 124 valence electrons. The lowest BCUT2D eigenvalue weighted by molar-refractivity contribution is 0.102. The van der Waals surface area contributed by atoms with Crippen LogP contribution in [0.25, 0.3) is 10.8 Å². The Balaban J connectivity index is 1.67. The number of halogens is 1. The quantitative estimate of drug-likeness (QED) is 0.668. The van der Waals surface area contributed by atoms with Crippen molar-refractivity contribution in [1.29, 1.82) is 0 Å². The molecule has 1 amide bonds. The standard InChI is InChI=1S/C16H14BrN3O3S/c1-9(2)22-11-5-3-10(4-6-11)14(21)18-16-20-19-15(23-16)12-7-8-13(17)24-12/h3-9H,1-2H3,(H,18,20,21). The summed E-state index contributed by atoms with van der Waals surface area (Å²) in [4.78, 5) is 13.0. The van der Waals surface area contributed by atoms with Crippen molar-refractivity contribution in [3.05, 3.63) is 45.7 Å². The Labute approximate surface area is 151 Å². The largest absolute Gasteiger partial charge is 0.491 e. The Morgan fingerprint density at radius 2 is 1.96 bits per heavy atom. The first-order chi connectivity index (χ1) is 11.5. The normalized spacial score (nSPS) is 10.8. The zero-order valence-corrected chi connectivity index (χ0v) is 15.3. The molecule has 0 unspecified atom stereocenters. The van der Waals surface area contributed by atoms with E-state index in [9.17, 15) is 4.79 Å². The van der Waals surface area contributed by atoms with Gasteiger partial charge < -0.3 is 9.15 Å². The Bertz CT molecular complexity index is 842. The van der Waals surface area contributed by atoms with E-state index in [1.807, 2.05) is 26.0 Å². The molecule has 0 aliphatic carbocycles. The number of amides is 1. The third-order valence-corrected chi connectivity index (χ3v) is 4.53. The Morgan fingerprint density at radius 1 is 1.21 bits per heavy atom. The van der Waals surface area contributed by atoms with Crippen LogP contribution in [0.15, 0.2) is 44.6 Å². The van der Waals surface area contributed by atoms with Crippen molar-refractivity contribution >= 4 is 39.2 Å². The van der Waals surface area contributed by atoms with Gasteiger partial charge in [-0.1, -0.05) is 5.10 Å². The van der Waals surface area contributed by atoms with Crippen molar-refractivity contribution in [2.45, 2.75) is 20.0 Å². The van der Waals surface area contributed by atoms with Crippen molar-refractivity contribution in [3.8, 4) is 16.5 Å². The SMILES string of the molecule is CC(C)Oc1ccc(C(=O)Nc2nnc(-c3ccc(Br)s3)o2)cc1. The van der Waals surface area contributed by atoms with E-state index in [4.69, 9.17) is 9.15 Å². The molecule has 6 nitrogen and oxygen atoms in total. The fourth-order valence-electron chi connectivity index (χ4n) is 1.93. The molecule has 0 atom stereocenters. The van der Waals surface area contributed by atoms with Gasteiger partial charge in [-0.15, -0.1) is 16.4 Å². The maximum atomic E-state index is 12.2. The highest BCUT2D eigenvalue weighted by molar-refractivity contribution is 9.11. The molecule has 0 spiro atoms. The molecule has 2 heterocycles. The average Bonchev–Trinajstić information content (AvgIpc) is 3.16. The minimum Gasteiger partial charge on any atom is -0.491 e. The van der Waals surface area contributed by atoms with E-state index in [1.54, 1.807) is 24.3 Å². The van der Waals surface area contributed by atoms with Crippen molar-refractivity contribution in [3.63, 3.8) is 0 Å². The fraction of sp³-hybridized carbons (Fsp3) is 0.188. The van der Waals surface area contributed by atoms with Crippen LogP contribution in [0.3, 0.4) is 0 Å². The first kappa shape index (κ1) is 16.7. The lowest BCUT2D eigenvalue weighted by atomic mass is 10.2. The van der Waals surface area contributed by atoms with Crippen molar-refractivity contribution in [2.24, 2.45) is 0 Å². The van der Waals surface area contributed by atoms with E-state index < -0.39 is 0 Å². The number of carbonyl (C=O) groups excluding carboxylic acids is 1. The van der Waals surface area contributed by atoms with Gasteiger partial charge in [-0.2, -0.15) is 0 Å². The predicted octanol–water partition coefficient (Wildman–Crippen LogP) is 4.60. The summed E-state index contributed by atoms with van der Waals surface area (Å²) in [5.41, 5.74) is 0.477. The molecule has 0 radical (unpaired) electrons. The van der Waals surface area contributed by atoms with Crippen LogP contribution < -0.4 is 10.1 Å². The number of carbonyl (C=O) groups is 1. The van der Waals surface area contributed by atoms with Gasteiger partial charge in [0.25, 0.3) is 11.8 Å². The van der Waals surface area contributed by atoms with E-state index in [0.717, 1.165) is 8.66 Å². The fourth-order valence-corrected chi connectivity index (χ4v) is 3.24. The molecular weight excluding hydrogens is 394 g/mol. The summed E-state index contributed by atoms with van der Waals surface area (Å²) in [6.45, 7) is 3.89. The second-order valence-electron chi connectivity index (χ2n) is 5.16. The highest BCUT2D eigenvalue weighted by Gasteiger charge is 2.14. The Kier molecular flexibility index (Phi) is 4.96. The second kappa shape index (κ2) is 7.14. The average molecular weight is 408 g/mol. The van der Waals surface area contributed by atoms with Crippen LogP contribution >= 0.6 is 27.3 Å². The zero-order chi connectivity index (χ0) is 17.1. The van der Waals surface area contributed by atoms with Gasteiger partial charge >= 0.3 is 6.01 Å². The molecule has 2 aromatic heterocycles. The molecule has 0 saturated carbocycles. The molecule has 0 saturated heterocycles. The van der Waals surface area contributed by atoms with Gasteiger partial charge in [0.2, 0.25) is 0 Å². The third-order valence-electron chi connectivity index (χ3n) is 2.92. The summed E-state index contributed by atoms with van der Waals surface area (Å²) < 4.78 is 12.0. The molecule has 3 aromatic rings. The molecule has 3 rings (SSSR count). The summed E-state index contributed by atoms with van der Waals surface area (Å²) in [5.74, 6) is 0.750. The van der Waals surface area contributed by atoms with Crippen LogP contribution in [0.1, 0.15) is 24.2 Å². The summed E-state index contributed by atoms with van der Waals surface area (Å²) in [7, 11) is 0. The lowest BCUT2D eigenvalue weighted by Gasteiger charge is -2.09. The van der Waals surface area contributed by atoms with Crippen LogP contribution in [0.5, 0.6) is 5.75 Å². The molecule has 1 N–H and O–H groups in total. The summed E-state index contributed by atoms with van der Waals surface area (Å²) in [5, 5.41) is 10.4. The van der Waals surface area contributed by atoms with Gasteiger partial charge in [0, 0.05) is 5.56 Å². The molecule has 0 aliphatic heterocycles. The van der Waals surface area contributed by atoms with E-state index in [1.165, 1.54) is 11.3 Å². The third kappa shape index (κ3) is 4.01. The number of anilines is 1. The molecular formula is C16H14BrN3O3S. The summed E-state index contributed by atoms with van der Waals surface area (Å²) in [6.07, 6.45) is 0.0822. The number of nitrogens with one attached hydrogen (secondary N) is 1. The number of aromatic nitrogens is 2. The van der Waals surface area contributed by atoms with Gasteiger partial charge in [-0.3, -0.25) is 10.1 Å². The minimum atomic E-state index is -0.325. The predicted molar refractivity (Wildman–Crippen MR) is 95.5 cm³/mol. The number of benzene rings is 1. The highest BCUT2D eigenvalue weighted by Crippen LogP contribution is 2.31. The van der Waals surface area contributed by atoms with E-state index in [-0.39, 0.29) is 18.0 Å². The van der Waals surface area contributed by atoms with Crippen molar-refractivity contribution < 1.29 is 13.9 Å². The molecule has 8 heteroatoms. The molecule has 0 fully saturated rings. The lowest BCUT2D eigenvalue weighted by Crippen LogP contribution is -2.12. The topological polar surface area (TPSA) is 77.2 Å². The summed E-state index contributed by atoms with van der Waals surface area (Å²) in [6, 6.07) is 10.7. The van der Waals surface area contributed by atoms with Crippen LogP contribution in [0, 0.1) is 0 Å². The van der Waals surface area contributed by atoms with Crippen LogP contribution in [0.2, 0.25) is 0 Å². The Hall–Kier alpha value is -2.19. The van der Waals surface area contributed by atoms with E-state index in [2.05, 4.69) is 31.4 Å². The molecule has 24 heavy (non-hydrogen) atoms. The number of ether oxygens (including phenoxy) is 1. The van der Waals surface area contributed by atoms with Gasteiger partial charge in [-0.05, 0) is 66.2 Å². The highest BCUT2D eigenvalue weighted by atomic mass is 79.9. The maximum absolute atomic E-state index is 12.2. The second-order valence-corrected chi connectivity index (χ2v) is 7.62. The van der Waals surface area contributed by atoms with Gasteiger partial charge in [0.15, 0.2) is 0 Å². The van der Waals surface area contributed by atoms with E-state index >= 15 is 0 Å². The van der Waals surface area contributed by atoms with Gasteiger partial charge in [-0.25, -0.2) is 0 Å². The number of hydrogen-bond acceptors (Lipinski definition) is 6. The number of hydrogen-bond donors (Lipinski definition) is 1. The zero-order valence-electron chi connectivity index (χ0n) is 12.9. The first-order valence-electron chi connectivity index (χ1n) is 7.18. The Morgan fingerprint density at radius 3 is 2.58 bits per heavy atom. The molecule has 0 bridgehead atoms. The smallest absolute Gasteiger partial charge is 0.322 e. The minimum absolute atomic E-state index is 0.0574. The molecule has 1 aromatic carbocycles. The number of nitrogens with zero attached hydrogens (tertiary/aromatic N) is 2. The number of thiophene rings is 1. The van der Waals surface area contributed by atoms with Crippen molar-refractivity contribution in [2.75, 3.05) is 5.32 Å². The van der Waals surface area contributed by atoms with Crippen LogP contribution in [0.4, 0.5) is 6.01 Å². The molecule has 0 aliphatic rings. The first-order valence-corrected chi connectivity index (χ1v) is 8.79. The monoisotopic (exact) mass is 407 g/mol. The van der Waals surface area contributed by atoms with Crippen LogP contribution in [-0.4, -0.2) is 22.2 Å². The summed E-state index contributed by atoms with van der Waals surface area (Å²) >= 11 is 4.85. The number of rotatable bonds is 5. The van der Waals surface area contributed by atoms with E-state index in [0.29, 0.717) is 17.2 Å². The maximum Gasteiger partial charge on any atom is 0.322 e. The van der Waals surface area contributed by atoms with Crippen molar-refractivity contribution in [1.82, 2.24) is 10.2 Å². The van der Waals surface area contributed by atoms with Crippen LogP contribution in [-0.2, 0) is 0 Å². The van der Waals surface area contributed by atoms with Gasteiger partial charge in [0.05, 0.1) is 14.8 Å².